The van der Waals surface area contributed by atoms with Crippen molar-refractivity contribution in [2.45, 2.75) is 300 Å². The van der Waals surface area contributed by atoms with E-state index in [-0.39, 0.29) is 187 Å². The number of ether oxygens (including phenoxy) is 12. The number of unbranched alkanes of at least 4 members (excludes halogenated alkanes) is 16. The van der Waals surface area contributed by atoms with Gasteiger partial charge in [0.15, 0.2) is 0 Å². The van der Waals surface area contributed by atoms with Gasteiger partial charge in [0.25, 0.3) is 0 Å². The molecule has 0 radical (unpaired) electrons. The molecular weight excluding hydrogens is 1500 g/mol. The van der Waals surface area contributed by atoms with Crippen molar-refractivity contribution in [3.63, 3.8) is 0 Å². The van der Waals surface area contributed by atoms with Crippen molar-refractivity contribution in [3.05, 3.63) is 0 Å². The van der Waals surface area contributed by atoms with E-state index in [9.17, 15) is 47.9 Å². The quantitative estimate of drug-likeness (QED) is 0.0310. The van der Waals surface area contributed by atoms with Crippen LogP contribution in [-0.4, -0.2) is 275 Å². The van der Waals surface area contributed by atoms with Crippen LogP contribution in [0.4, 0.5) is 0 Å². The van der Waals surface area contributed by atoms with Crippen LogP contribution in [0.5, 0.6) is 0 Å². The molecule has 0 aromatic rings. The summed E-state index contributed by atoms with van der Waals surface area (Å²) in [4.78, 5) is 138. The van der Waals surface area contributed by atoms with Crippen molar-refractivity contribution < 1.29 is 105 Å². The molecule has 0 aromatic carbocycles. The van der Waals surface area contributed by atoms with Crippen LogP contribution < -0.4 is 0 Å². The minimum atomic E-state index is -0.377. The maximum absolute atomic E-state index is 13.2. The van der Waals surface area contributed by atoms with E-state index >= 15 is 0 Å². The van der Waals surface area contributed by atoms with Gasteiger partial charge in [-0.3, -0.25) is 72.4 Å². The van der Waals surface area contributed by atoms with E-state index in [0.717, 1.165) is 174 Å². The van der Waals surface area contributed by atoms with Crippen LogP contribution in [0.1, 0.15) is 300 Å². The number of hydrogen-bond donors (Lipinski definition) is 0. The van der Waals surface area contributed by atoms with Gasteiger partial charge in [-0.2, -0.15) is 0 Å². The van der Waals surface area contributed by atoms with E-state index in [1.807, 2.05) is 44.4 Å². The predicted molar refractivity (Wildman–Crippen MR) is 454 cm³/mol. The molecule has 1 rings (SSSR count). The summed E-state index contributed by atoms with van der Waals surface area (Å²) in [5.41, 5.74) is 0. The molecule has 5 atom stereocenters. The Bertz CT molecular complexity index is 2470. The fourth-order valence-corrected chi connectivity index (χ4v) is 12.9. The van der Waals surface area contributed by atoms with E-state index in [2.05, 4.69) is 49.3 Å². The third kappa shape index (κ3) is 64.9. The maximum atomic E-state index is 13.2. The third-order valence-corrected chi connectivity index (χ3v) is 21.3. The van der Waals surface area contributed by atoms with Gasteiger partial charge < -0.3 is 56.8 Å². The molecule has 27 heteroatoms. The highest BCUT2D eigenvalue weighted by Crippen LogP contribution is 2.18. The first-order chi connectivity index (χ1) is 56.7. The number of nitrogens with zero attached hydrogens (tertiary/aromatic N) is 5. The molecule has 27 nitrogen and oxygen atoms in total. The van der Waals surface area contributed by atoms with Gasteiger partial charge in [0, 0.05) is 98.2 Å². The summed E-state index contributed by atoms with van der Waals surface area (Å²) in [6.07, 6.45) is 27.4. The summed E-state index contributed by atoms with van der Waals surface area (Å²) in [6.45, 7) is 32.9. The summed E-state index contributed by atoms with van der Waals surface area (Å²) in [7, 11) is 0. The van der Waals surface area contributed by atoms with Gasteiger partial charge in [0.05, 0.1) is 154 Å². The fourth-order valence-electron chi connectivity index (χ4n) is 12.9. The lowest BCUT2D eigenvalue weighted by atomic mass is 10.0. The van der Waals surface area contributed by atoms with Gasteiger partial charge in [0.1, 0.15) is 0 Å². The summed E-state index contributed by atoms with van der Waals surface area (Å²) in [5, 5.41) is 0. The Morgan fingerprint density at radius 3 is 0.684 bits per heavy atom. The predicted octanol–water partition coefficient (Wildman–Crippen LogP) is 14.3. The van der Waals surface area contributed by atoms with Crippen molar-refractivity contribution >= 4 is 59.7 Å². The normalized spacial score (nSPS) is 13.9. The van der Waals surface area contributed by atoms with Gasteiger partial charge in [0.2, 0.25) is 0 Å². The van der Waals surface area contributed by atoms with Gasteiger partial charge in [-0.05, 0) is 96.3 Å². The van der Waals surface area contributed by atoms with Crippen LogP contribution >= 0.6 is 0 Å². The second-order valence-electron chi connectivity index (χ2n) is 32.0. The monoisotopic (exact) mass is 1670 g/mol. The second kappa shape index (κ2) is 76.5. The highest BCUT2D eigenvalue weighted by atomic mass is 16.6. The largest absolute Gasteiger partial charge is 0.466 e. The van der Waals surface area contributed by atoms with E-state index in [1.165, 1.54) is 0 Å². The second-order valence-corrected chi connectivity index (χ2v) is 32.0. The summed E-state index contributed by atoms with van der Waals surface area (Å²) >= 11 is 0. The standard InChI is InChI=1S/C90H165N5O22/c1-11-16-21-26-41-80(10)90(105)117-71-36-30-65-111-84(99)45-50-92(49-44-83(98)110-64-29-34-69-115-88(103)78(8)39-24-19-14-4)59-73-107-75-61-95-56-54-94(55-57-95)53-52-93(51-46-85(100)112-66-31-35-70-116-89(104)79(9)40-25-20-15-5)60-74-106-72-58-91(47-42-81(96)108-62-27-32-67-113-86(101)76(6)37-22-17-12-2)48-43-82(97)109-63-28-33-68-114-87(102)77(7)38-23-18-13-3/h76-80H,11-75H2,1-10H3. The Morgan fingerprint density at radius 2 is 0.436 bits per heavy atom. The highest BCUT2D eigenvalue weighted by molar-refractivity contribution is 5.74. The molecule has 0 aliphatic carbocycles. The third-order valence-electron chi connectivity index (χ3n) is 21.3. The van der Waals surface area contributed by atoms with Crippen LogP contribution in [0, 0.1) is 29.6 Å². The van der Waals surface area contributed by atoms with Gasteiger partial charge in [-0.1, -0.05) is 172 Å². The summed E-state index contributed by atoms with van der Waals surface area (Å²) in [6, 6.07) is 0. The molecular formula is C90H165N5O22. The molecule has 1 aliphatic rings. The Morgan fingerprint density at radius 1 is 0.231 bits per heavy atom. The Hall–Kier alpha value is -5.58. The lowest BCUT2D eigenvalue weighted by Gasteiger charge is -2.35. The van der Waals surface area contributed by atoms with E-state index < -0.39 is 0 Å². The Labute approximate surface area is 706 Å². The van der Waals surface area contributed by atoms with Crippen LogP contribution in [0.3, 0.4) is 0 Å². The van der Waals surface area contributed by atoms with Crippen LogP contribution in [0.15, 0.2) is 0 Å². The average molecular weight is 1670 g/mol. The molecule has 682 valence electrons. The highest BCUT2D eigenvalue weighted by Gasteiger charge is 2.23. The number of carbonyl (C=O) groups excluding carboxylic acids is 10. The van der Waals surface area contributed by atoms with Crippen molar-refractivity contribution in [2.24, 2.45) is 29.6 Å². The SMILES string of the molecule is CCCCCCC(C)C(=O)OCCCCOC(=O)CCN(CCOCCN1CCN(CCN(CCOCCN(CCC(=O)OCCCCOC(=O)C(C)CCCCC)CCC(=O)OCCCCOC(=O)C(C)CCCCC)CCC(=O)OCCCCOC(=O)C(C)CCCCC)CC1)CCC(=O)OCCCCOC(=O)C(C)CCCCC. The lowest BCUT2D eigenvalue weighted by Crippen LogP contribution is -2.49. The van der Waals surface area contributed by atoms with Crippen LogP contribution in [0.25, 0.3) is 0 Å². The van der Waals surface area contributed by atoms with Gasteiger partial charge in [-0.15, -0.1) is 0 Å². The van der Waals surface area contributed by atoms with Crippen molar-refractivity contribution in [1.82, 2.24) is 24.5 Å². The van der Waals surface area contributed by atoms with Crippen LogP contribution in [0.2, 0.25) is 0 Å². The number of carbonyl (C=O) groups is 10. The molecule has 0 bridgehead atoms. The first-order valence-electron chi connectivity index (χ1n) is 46.0. The zero-order chi connectivity index (χ0) is 86.0. The van der Waals surface area contributed by atoms with Gasteiger partial charge >= 0.3 is 59.7 Å². The van der Waals surface area contributed by atoms with Crippen molar-refractivity contribution in [3.8, 4) is 0 Å². The number of piperazine rings is 1. The maximum Gasteiger partial charge on any atom is 0.308 e. The van der Waals surface area contributed by atoms with Gasteiger partial charge in [-0.25, -0.2) is 0 Å². The first-order valence-corrected chi connectivity index (χ1v) is 46.0. The Balaban J connectivity index is 2.97. The number of esters is 10. The molecule has 5 unspecified atom stereocenters. The molecule has 0 aromatic heterocycles. The number of rotatable bonds is 81. The fraction of sp³-hybridized carbons (Fsp3) is 0.889. The van der Waals surface area contributed by atoms with E-state index in [4.69, 9.17) is 56.8 Å². The zero-order valence-electron chi connectivity index (χ0n) is 75.1. The zero-order valence-corrected chi connectivity index (χ0v) is 75.1. The molecule has 1 fully saturated rings. The topological polar surface area (TPSA) is 298 Å². The molecule has 0 saturated carbocycles. The Kier molecular flexibility index (Phi) is 71.6. The smallest absolute Gasteiger partial charge is 0.308 e. The summed E-state index contributed by atoms with van der Waals surface area (Å²) < 4.78 is 67.7. The molecule has 117 heavy (non-hydrogen) atoms. The van der Waals surface area contributed by atoms with E-state index in [0.29, 0.717) is 150 Å². The minimum absolute atomic E-state index is 0.0895. The molecule has 0 N–H and O–H groups in total. The van der Waals surface area contributed by atoms with Crippen molar-refractivity contribution in [1.29, 1.82) is 0 Å². The number of hydrogen-bond acceptors (Lipinski definition) is 27. The van der Waals surface area contributed by atoms with Crippen molar-refractivity contribution in [2.75, 3.05) is 191 Å². The molecule has 1 heterocycles. The molecule has 0 spiro atoms. The molecule has 1 saturated heterocycles. The van der Waals surface area contributed by atoms with Crippen LogP contribution in [-0.2, 0) is 105 Å². The lowest BCUT2D eigenvalue weighted by molar-refractivity contribution is -0.149. The average Bonchev–Trinajstić information content (AvgIpc) is 0.903. The molecule has 0 amide bonds. The van der Waals surface area contributed by atoms with E-state index in [1.54, 1.807) is 0 Å². The molecule has 1 aliphatic heterocycles. The minimum Gasteiger partial charge on any atom is -0.466 e. The summed E-state index contributed by atoms with van der Waals surface area (Å²) in [5.74, 6) is -3.46. The first kappa shape index (κ1) is 109.